The van der Waals surface area contributed by atoms with Crippen molar-refractivity contribution in [1.29, 1.82) is 0 Å². The second kappa shape index (κ2) is 11.0. The number of rotatable bonds is 8. The number of thioether (sulfide) groups is 2. The first kappa shape index (κ1) is 24.2. The van der Waals surface area contributed by atoms with E-state index in [4.69, 9.17) is 0 Å². The van der Waals surface area contributed by atoms with Crippen LogP contribution in [0.15, 0.2) is 94.7 Å². The molecule has 0 radical (unpaired) electrons. The van der Waals surface area contributed by atoms with Crippen LogP contribution in [0.25, 0.3) is 0 Å². The van der Waals surface area contributed by atoms with Gasteiger partial charge in [-0.3, -0.25) is 4.79 Å². The number of hydrogen-bond donors (Lipinski definition) is 0. The van der Waals surface area contributed by atoms with E-state index in [9.17, 15) is 13.6 Å². The van der Waals surface area contributed by atoms with Crippen LogP contribution in [0.5, 0.6) is 0 Å². The van der Waals surface area contributed by atoms with Gasteiger partial charge in [0.2, 0.25) is 0 Å². The fourth-order valence-electron chi connectivity index (χ4n) is 3.92. The summed E-state index contributed by atoms with van der Waals surface area (Å²) in [6, 6.07) is 24.5. The molecule has 0 bridgehead atoms. The molecule has 172 valence electrons. The van der Waals surface area contributed by atoms with Gasteiger partial charge in [0.05, 0.1) is 0 Å². The zero-order valence-electron chi connectivity index (χ0n) is 19.0. The molecule has 4 aromatic rings. The monoisotopic (exact) mass is 490 g/mol. The average Bonchev–Trinajstić information content (AvgIpc) is 2.86. The molecule has 0 N–H and O–H groups in total. The highest BCUT2D eigenvalue weighted by molar-refractivity contribution is 7.98. The van der Waals surface area contributed by atoms with E-state index < -0.39 is 0 Å². The summed E-state index contributed by atoms with van der Waals surface area (Å²) in [5.74, 6) is -0.607. The van der Waals surface area contributed by atoms with Gasteiger partial charge >= 0.3 is 0 Å². The zero-order chi connectivity index (χ0) is 24.1. The summed E-state index contributed by atoms with van der Waals surface area (Å²) in [5, 5.41) is 0. The molecular weight excluding hydrogens is 466 g/mol. The summed E-state index contributed by atoms with van der Waals surface area (Å²) < 4.78 is 26.8. The van der Waals surface area contributed by atoms with Crippen LogP contribution in [0.2, 0.25) is 0 Å². The topological polar surface area (TPSA) is 17.1 Å². The van der Waals surface area contributed by atoms with Crippen LogP contribution in [-0.4, -0.2) is 18.3 Å². The predicted octanol–water partition coefficient (Wildman–Crippen LogP) is 7.82. The SMILES string of the molecule is CSc1ccc(C(=O)c2ccc(SC)cc2Cc2ccc(F)cc2)c(Cc2ccc(F)cc2)c1. The van der Waals surface area contributed by atoms with E-state index in [1.54, 1.807) is 47.8 Å². The van der Waals surface area contributed by atoms with E-state index in [2.05, 4.69) is 0 Å². The number of hydrogen-bond acceptors (Lipinski definition) is 3. The highest BCUT2D eigenvalue weighted by Gasteiger charge is 2.19. The molecule has 0 saturated carbocycles. The Labute approximate surface area is 207 Å². The van der Waals surface area contributed by atoms with Crippen LogP contribution in [0.3, 0.4) is 0 Å². The fraction of sp³-hybridized carbons (Fsp3) is 0.138. The first-order valence-electron chi connectivity index (χ1n) is 10.8. The maximum absolute atomic E-state index is 13.8. The number of halogens is 2. The first-order valence-corrected chi connectivity index (χ1v) is 13.3. The Balaban J connectivity index is 1.74. The largest absolute Gasteiger partial charge is 0.289 e. The van der Waals surface area contributed by atoms with E-state index in [0.29, 0.717) is 24.0 Å². The molecule has 4 aromatic carbocycles. The minimum absolute atomic E-state index is 0.0467. The highest BCUT2D eigenvalue weighted by atomic mass is 32.2. The van der Waals surface area contributed by atoms with Crippen molar-refractivity contribution in [3.05, 3.63) is 130 Å². The molecule has 0 aliphatic carbocycles. The summed E-state index contributed by atoms with van der Waals surface area (Å²) in [4.78, 5) is 16.0. The van der Waals surface area contributed by atoms with Gasteiger partial charge in [-0.1, -0.05) is 24.3 Å². The van der Waals surface area contributed by atoms with Gasteiger partial charge in [-0.2, -0.15) is 0 Å². The van der Waals surface area contributed by atoms with E-state index in [-0.39, 0.29) is 17.4 Å². The lowest BCUT2D eigenvalue weighted by Gasteiger charge is -2.15. The molecule has 0 heterocycles. The Morgan fingerprint density at radius 3 is 1.35 bits per heavy atom. The Morgan fingerprint density at radius 2 is 1.00 bits per heavy atom. The molecule has 0 unspecified atom stereocenters. The normalized spacial score (nSPS) is 10.9. The third-order valence-electron chi connectivity index (χ3n) is 5.73. The van der Waals surface area contributed by atoms with Gasteiger partial charge in [0, 0.05) is 20.9 Å². The molecule has 0 spiro atoms. The van der Waals surface area contributed by atoms with Crippen molar-refractivity contribution in [1.82, 2.24) is 0 Å². The molecule has 5 heteroatoms. The second-order valence-electron chi connectivity index (χ2n) is 7.98. The van der Waals surface area contributed by atoms with Gasteiger partial charge in [0.15, 0.2) is 5.78 Å². The summed E-state index contributed by atoms with van der Waals surface area (Å²) in [5.41, 5.74) is 4.98. The molecule has 4 rings (SSSR count). The Morgan fingerprint density at radius 1 is 0.618 bits per heavy atom. The fourth-order valence-corrected chi connectivity index (χ4v) is 4.85. The lowest BCUT2D eigenvalue weighted by molar-refractivity contribution is 0.103. The summed E-state index contributed by atoms with van der Waals surface area (Å²) in [6.45, 7) is 0. The minimum Gasteiger partial charge on any atom is -0.289 e. The van der Waals surface area contributed by atoms with Crippen LogP contribution in [0.4, 0.5) is 8.78 Å². The van der Waals surface area contributed by atoms with Crippen molar-refractivity contribution in [2.75, 3.05) is 12.5 Å². The van der Waals surface area contributed by atoms with Gasteiger partial charge in [-0.15, -0.1) is 23.5 Å². The summed E-state index contributed by atoms with van der Waals surface area (Å²) in [6.07, 6.45) is 5.07. The van der Waals surface area contributed by atoms with E-state index in [0.717, 1.165) is 32.0 Å². The number of carbonyl (C=O) groups is 1. The average molecular weight is 491 g/mol. The summed E-state index contributed by atoms with van der Waals surface area (Å²) >= 11 is 3.24. The van der Waals surface area contributed by atoms with Crippen molar-refractivity contribution in [2.24, 2.45) is 0 Å². The molecule has 0 amide bonds. The lowest BCUT2D eigenvalue weighted by atomic mass is 9.90. The van der Waals surface area contributed by atoms with Crippen molar-refractivity contribution in [3.63, 3.8) is 0 Å². The van der Waals surface area contributed by atoms with Crippen LogP contribution >= 0.6 is 23.5 Å². The van der Waals surface area contributed by atoms with Gasteiger partial charge in [-0.05, 0) is 108 Å². The number of carbonyl (C=O) groups excluding carboxylic acids is 1. The van der Waals surface area contributed by atoms with Crippen molar-refractivity contribution >= 4 is 29.3 Å². The highest BCUT2D eigenvalue weighted by Crippen LogP contribution is 2.28. The van der Waals surface area contributed by atoms with Gasteiger partial charge in [0.25, 0.3) is 0 Å². The number of benzene rings is 4. The Kier molecular flexibility index (Phi) is 7.86. The van der Waals surface area contributed by atoms with Gasteiger partial charge < -0.3 is 0 Å². The van der Waals surface area contributed by atoms with Crippen molar-refractivity contribution in [3.8, 4) is 0 Å². The van der Waals surface area contributed by atoms with Crippen LogP contribution in [0, 0.1) is 11.6 Å². The standard InChI is InChI=1S/C29H24F2OS2/c1-33-25-11-13-27(21(17-25)15-19-3-7-23(30)8-4-19)29(32)28-14-12-26(34-2)18-22(28)16-20-5-9-24(31)10-6-20/h3-14,17-18H,15-16H2,1-2H3. The zero-order valence-corrected chi connectivity index (χ0v) is 20.6. The maximum Gasteiger partial charge on any atom is 0.193 e. The van der Waals surface area contributed by atoms with E-state index in [1.807, 2.05) is 48.9 Å². The molecule has 0 saturated heterocycles. The molecule has 0 aromatic heterocycles. The molecule has 0 atom stereocenters. The molecule has 34 heavy (non-hydrogen) atoms. The Hall–Kier alpha value is -2.89. The third kappa shape index (κ3) is 5.78. The molecule has 1 nitrogen and oxygen atoms in total. The van der Waals surface area contributed by atoms with Crippen molar-refractivity contribution < 1.29 is 13.6 Å². The first-order chi connectivity index (χ1) is 16.5. The molecule has 0 aliphatic heterocycles. The van der Waals surface area contributed by atoms with Crippen molar-refractivity contribution in [2.45, 2.75) is 22.6 Å². The van der Waals surface area contributed by atoms with Crippen LogP contribution < -0.4 is 0 Å². The molecule has 0 aliphatic rings. The van der Waals surface area contributed by atoms with Gasteiger partial charge in [0.1, 0.15) is 11.6 Å². The molecular formula is C29H24F2OS2. The summed E-state index contributed by atoms with van der Waals surface area (Å²) in [7, 11) is 0. The van der Waals surface area contributed by atoms with E-state index >= 15 is 0 Å². The lowest BCUT2D eigenvalue weighted by Crippen LogP contribution is -2.10. The quantitative estimate of drug-likeness (QED) is 0.185. The van der Waals surface area contributed by atoms with Crippen LogP contribution in [-0.2, 0) is 12.8 Å². The smallest absolute Gasteiger partial charge is 0.193 e. The third-order valence-corrected chi connectivity index (χ3v) is 7.18. The number of ketones is 1. The minimum atomic E-state index is -0.280. The van der Waals surface area contributed by atoms with Gasteiger partial charge in [-0.25, -0.2) is 8.78 Å². The van der Waals surface area contributed by atoms with Crippen LogP contribution in [0.1, 0.15) is 38.2 Å². The maximum atomic E-state index is 13.8. The predicted molar refractivity (Wildman–Crippen MR) is 138 cm³/mol. The van der Waals surface area contributed by atoms with E-state index in [1.165, 1.54) is 24.3 Å². The second-order valence-corrected chi connectivity index (χ2v) is 9.74. The Bertz CT molecular complexity index is 1200. The molecule has 0 fully saturated rings.